The van der Waals surface area contributed by atoms with Gasteiger partial charge in [-0.25, -0.2) is 0 Å². The first-order valence-corrected chi connectivity index (χ1v) is 6.37. The molecule has 0 unspecified atom stereocenters. The van der Waals surface area contributed by atoms with Crippen molar-refractivity contribution in [2.24, 2.45) is 7.05 Å². The number of aryl methyl sites for hydroxylation is 2. The Morgan fingerprint density at radius 2 is 2.33 bits per heavy atom. The maximum atomic E-state index is 12.0. The van der Waals surface area contributed by atoms with Gasteiger partial charge in [-0.15, -0.1) is 0 Å². The number of hydrogen-bond donors (Lipinski definition) is 1. The summed E-state index contributed by atoms with van der Waals surface area (Å²) >= 11 is 3.35. The lowest BCUT2D eigenvalue weighted by Gasteiger charge is -2.07. The van der Waals surface area contributed by atoms with E-state index in [2.05, 4.69) is 26.2 Å². The summed E-state index contributed by atoms with van der Waals surface area (Å²) in [5, 5.41) is 2.90. The van der Waals surface area contributed by atoms with Gasteiger partial charge in [-0.05, 0) is 46.1 Å². The Labute approximate surface area is 114 Å². The molecule has 1 amide bonds. The molecule has 2 heterocycles. The van der Waals surface area contributed by atoms with Crippen LogP contribution in [0.15, 0.2) is 35.2 Å². The molecule has 2 aromatic rings. The van der Waals surface area contributed by atoms with Crippen molar-refractivity contribution in [3.63, 3.8) is 0 Å². The van der Waals surface area contributed by atoms with Crippen molar-refractivity contribution >= 4 is 21.8 Å². The number of carbonyl (C=O) groups is 1. The molecule has 0 bridgehead atoms. The summed E-state index contributed by atoms with van der Waals surface area (Å²) in [6.07, 6.45) is 5.38. The van der Waals surface area contributed by atoms with Crippen molar-refractivity contribution in [3.8, 4) is 0 Å². The van der Waals surface area contributed by atoms with Gasteiger partial charge < -0.3 is 9.88 Å². The molecule has 94 valence electrons. The number of rotatable bonds is 3. The van der Waals surface area contributed by atoms with Crippen LogP contribution in [0.4, 0.5) is 0 Å². The van der Waals surface area contributed by atoms with Crippen molar-refractivity contribution in [1.29, 1.82) is 0 Å². The van der Waals surface area contributed by atoms with Crippen LogP contribution < -0.4 is 5.32 Å². The molecule has 2 aromatic heterocycles. The molecule has 0 aliphatic heterocycles. The number of halogens is 1. The summed E-state index contributed by atoms with van der Waals surface area (Å²) in [6.45, 7) is 2.49. The van der Waals surface area contributed by atoms with E-state index in [1.165, 1.54) is 0 Å². The minimum absolute atomic E-state index is 0.0839. The number of amides is 1. The second kappa shape index (κ2) is 5.35. The molecule has 0 saturated carbocycles. The number of hydrogen-bond acceptors (Lipinski definition) is 2. The van der Waals surface area contributed by atoms with Gasteiger partial charge >= 0.3 is 0 Å². The normalized spacial score (nSPS) is 10.4. The predicted molar refractivity (Wildman–Crippen MR) is 73.3 cm³/mol. The Bertz CT molecular complexity index is 577. The second-order valence-corrected chi connectivity index (χ2v) is 5.05. The van der Waals surface area contributed by atoms with Gasteiger partial charge in [-0.2, -0.15) is 0 Å². The molecule has 0 aliphatic rings. The summed E-state index contributed by atoms with van der Waals surface area (Å²) in [5.74, 6) is -0.0839. The molecular formula is C13H14BrN3O. The molecule has 0 aliphatic carbocycles. The molecule has 4 nitrogen and oxygen atoms in total. The molecule has 1 N–H and O–H groups in total. The van der Waals surface area contributed by atoms with E-state index < -0.39 is 0 Å². The van der Waals surface area contributed by atoms with E-state index in [1.807, 2.05) is 26.2 Å². The molecule has 0 saturated heterocycles. The monoisotopic (exact) mass is 307 g/mol. The van der Waals surface area contributed by atoms with Crippen LogP contribution in [0.2, 0.25) is 0 Å². The highest BCUT2D eigenvalue weighted by molar-refractivity contribution is 9.10. The van der Waals surface area contributed by atoms with E-state index >= 15 is 0 Å². The first kappa shape index (κ1) is 12.8. The Morgan fingerprint density at radius 3 is 2.94 bits per heavy atom. The Morgan fingerprint density at radius 1 is 1.56 bits per heavy atom. The van der Waals surface area contributed by atoms with Gasteiger partial charge in [0.2, 0.25) is 0 Å². The molecule has 0 radical (unpaired) electrons. The topological polar surface area (TPSA) is 46.9 Å². The number of aromatic nitrogens is 2. The van der Waals surface area contributed by atoms with Gasteiger partial charge in [-0.3, -0.25) is 9.78 Å². The summed E-state index contributed by atoms with van der Waals surface area (Å²) in [6, 6.07) is 3.71. The van der Waals surface area contributed by atoms with Crippen molar-refractivity contribution in [2.75, 3.05) is 0 Å². The molecule has 2 rings (SSSR count). The Balaban J connectivity index is 2.05. The fraction of sp³-hybridized carbons (Fsp3) is 0.231. The first-order valence-electron chi connectivity index (χ1n) is 5.57. The van der Waals surface area contributed by atoms with Gasteiger partial charge in [0.25, 0.3) is 5.91 Å². The number of nitrogens with one attached hydrogen (secondary N) is 1. The fourth-order valence-corrected chi connectivity index (χ4v) is 2.24. The highest BCUT2D eigenvalue weighted by Crippen LogP contribution is 2.13. The average molecular weight is 308 g/mol. The lowest BCUT2D eigenvalue weighted by atomic mass is 10.1. The van der Waals surface area contributed by atoms with E-state index in [9.17, 15) is 4.79 Å². The SMILES string of the molecule is Cc1cnccc1CNC(=O)c1cc(Br)cn1C. The van der Waals surface area contributed by atoms with E-state index in [4.69, 9.17) is 0 Å². The van der Waals surface area contributed by atoms with Gasteiger partial charge in [0.1, 0.15) is 5.69 Å². The van der Waals surface area contributed by atoms with Crippen molar-refractivity contribution in [1.82, 2.24) is 14.9 Å². The highest BCUT2D eigenvalue weighted by Gasteiger charge is 2.10. The van der Waals surface area contributed by atoms with Gasteiger partial charge in [0, 0.05) is 36.7 Å². The van der Waals surface area contributed by atoms with Gasteiger partial charge in [-0.1, -0.05) is 0 Å². The van der Waals surface area contributed by atoms with Crippen LogP contribution in [-0.4, -0.2) is 15.5 Å². The van der Waals surface area contributed by atoms with Crippen molar-refractivity contribution in [2.45, 2.75) is 13.5 Å². The number of pyridine rings is 1. The van der Waals surface area contributed by atoms with Crippen molar-refractivity contribution in [3.05, 3.63) is 52.0 Å². The third-order valence-electron chi connectivity index (χ3n) is 2.78. The van der Waals surface area contributed by atoms with E-state index in [-0.39, 0.29) is 5.91 Å². The largest absolute Gasteiger partial charge is 0.347 e. The van der Waals surface area contributed by atoms with Crippen LogP contribution >= 0.6 is 15.9 Å². The predicted octanol–water partition coefficient (Wildman–Crippen LogP) is 2.42. The zero-order valence-corrected chi connectivity index (χ0v) is 11.9. The van der Waals surface area contributed by atoms with Crippen LogP contribution in [0, 0.1) is 6.92 Å². The zero-order chi connectivity index (χ0) is 13.1. The fourth-order valence-electron chi connectivity index (χ4n) is 1.72. The molecule has 0 spiro atoms. The third-order valence-corrected chi connectivity index (χ3v) is 3.21. The quantitative estimate of drug-likeness (QED) is 0.946. The first-order chi connectivity index (χ1) is 8.58. The van der Waals surface area contributed by atoms with Crippen LogP contribution in [0.25, 0.3) is 0 Å². The maximum absolute atomic E-state index is 12.0. The van der Waals surface area contributed by atoms with Crippen LogP contribution in [0.3, 0.4) is 0 Å². The maximum Gasteiger partial charge on any atom is 0.268 e. The van der Waals surface area contributed by atoms with Crippen LogP contribution in [0.5, 0.6) is 0 Å². The minimum atomic E-state index is -0.0839. The van der Waals surface area contributed by atoms with Crippen LogP contribution in [0.1, 0.15) is 21.6 Å². The summed E-state index contributed by atoms with van der Waals surface area (Å²) in [5.41, 5.74) is 2.78. The van der Waals surface area contributed by atoms with Crippen LogP contribution in [-0.2, 0) is 13.6 Å². The van der Waals surface area contributed by atoms with Gasteiger partial charge in [0.15, 0.2) is 0 Å². The van der Waals surface area contributed by atoms with E-state index in [0.29, 0.717) is 12.2 Å². The minimum Gasteiger partial charge on any atom is -0.347 e. The van der Waals surface area contributed by atoms with E-state index in [0.717, 1.165) is 15.6 Å². The second-order valence-electron chi connectivity index (χ2n) is 4.14. The summed E-state index contributed by atoms with van der Waals surface area (Å²) in [4.78, 5) is 16.0. The molecule has 18 heavy (non-hydrogen) atoms. The lowest BCUT2D eigenvalue weighted by molar-refractivity contribution is 0.0943. The van der Waals surface area contributed by atoms with E-state index in [1.54, 1.807) is 23.0 Å². The molecule has 0 aromatic carbocycles. The number of carbonyl (C=O) groups excluding carboxylic acids is 1. The lowest BCUT2D eigenvalue weighted by Crippen LogP contribution is -2.25. The van der Waals surface area contributed by atoms with Gasteiger partial charge in [0.05, 0.1) is 0 Å². The summed E-state index contributed by atoms with van der Waals surface area (Å²) < 4.78 is 2.69. The average Bonchev–Trinajstić information content (AvgIpc) is 2.67. The molecule has 0 fully saturated rings. The molecular weight excluding hydrogens is 294 g/mol. The summed E-state index contributed by atoms with van der Waals surface area (Å²) in [7, 11) is 1.84. The molecule has 0 atom stereocenters. The molecule has 5 heteroatoms. The number of nitrogens with zero attached hydrogens (tertiary/aromatic N) is 2. The standard InChI is InChI=1S/C13H14BrN3O/c1-9-6-15-4-3-10(9)7-16-13(18)12-5-11(14)8-17(12)2/h3-6,8H,7H2,1-2H3,(H,16,18). The Hall–Kier alpha value is -1.62. The highest BCUT2D eigenvalue weighted by atomic mass is 79.9. The van der Waals surface area contributed by atoms with Crippen molar-refractivity contribution < 1.29 is 4.79 Å². The smallest absolute Gasteiger partial charge is 0.268 e. The zero-order valence-electron chi connectivity index (χ0n) is 10.3. The third kappa shape index (κ3) is 2.79. The Kier molecular flexibility index (Phi) is 3.81.